The quantitative estimate of drug-likeness (QED) is 0.887. The van der Waals surface area contributed by atoms with E-state index < -0.39 is 0 Å². The Morgan fingerprint density at radius 1 is 1.37 bits per heavy atom. The lowest BCUT2D eigenvalue weighted by Gasteiger charge is -2.23. The molecule has 0 saturated heterocycles. The zero-order valence-corrected chi connectivity index (χ0v) is 12.5. The molecule has 0 spiro atoms. The minimum absolute atomic E-state index is 0.123. The first-order chi connectivity index (χ1) is 8.83. The first kappa shape index (κ1) is 14.2. The van der Waals surface area contributed by atoms with Gasteiger partial charge in [-0.05, 0) is 38.3 Å². The lowest BCUT2D eigenvalue weighted by molar-refractivity contribution is 0.130. The Labute approximate surface area is 116 Å². The third-order valence-corrected chi connectivity index (χ3v) is 3.64. The highest BCUT2D eigenvalue weighted by molar-refractivity contribution is 5.50. The van der Waals surface area contributed by atoms with Crippen molar-refractivity contribution in [1.82, 2.24) is 0 Å². The molecule has 2 N–H and O–H groups in total. The van der Waals surface area contributed by atoms with Crippen molar-refractivity contribution in [2.75, 3.05) is 13.2 Å². The average molecular weight is 263 g/mol. The zero-order chi connectivity index (χ0) is 14.1. The minimum atomic E-state index is -0.127. The Morgan fingerprint density at radius 3 is 2.79 bits per heavy atom. The van der Waals surface area contributed by atoms with Gasteiger partial charge < -0.3 is 15.2 Å². The molecule has 1 aliphatic rings. The van der Waals surface area contributed by atoms with E-state index in [2.05, 4.69) is 33.8 Å². The standard InChI is InChI=1S/C16H25NO2/c1-15(2,11-17)8-9-18-13-7-5-6-12-10-16(3,4)19-14(12)13/h5-7H,8-11,17H2,1-4H3. The van der Waals surface area contributed by atoms with Gasteiger partial charge in [-0.25, -0.2) is 0 Å². The molecule has 3 nitrogen and oxygen atoms in total. The van der Waals surface area contributed by atoms with Gasteiger partial charge in [0.2, 0.25) is 0 Å². The van der Waals surface area contributed by atoms with Crippen molar-refractivity contribution >= 4 is 0 Å². The van der Waals surface area contributed by atoms with E-state index >= 15 is 0 Å². The van der Waals surface area contributed by atoms with Crippen LogP contribution >= 0.6 is 0 Å². The molecule has 0 aromatic heterocycles. The van der Waals surface area contributed by atoms with Crippen LogP contribution in [0, 0.1) is 5.41 Å². The van der Waals surface area contributed by atoms with Crippen LogP contribution in [0.25, 0.3) is 0 Å². The molecule has 1 aliphatic heterocycles. The summed E-state index contributed by atoms with van der Waals surface area (Å²) >= 11 is 0. The molecule has 1 aromatic rings. The fraction of sp³-hybridized carbons (Fsp3) is 0.625. The van der Waals surface area contributed by atoms with Crippen molar-refractivity contribution in [2.45, 2.75) is 46.1 Å². The fourth-order valence-corrected chi connectivity index (χ4v) is 2.24. The smallest absolute Gasteiger partial charge is 0.165 e. The van der Waals surface area contributed by atoms with Gasteiger partial charge in [-0.15, -0.1) is 0 Å². The van der Waals surface area contributed by atoms with E-state index in [1.807, 2.05) is 12.1 Å². The van der Waals surface area contributed by atoms with Crippen molar-refractivity contribution in [3.05, 3.63) is 23.8 Å². The maximum atomic E-state index is 5.98. The van der Waals surface area contributed by atoms with Crippen LogP contribution in [0.1, 0.15) is 39.7 Å². The van der Waals surface area contributed by atoms with Gasteiger partial charge in [0.05, 0.1) is 6.61 Å². The maximum Gasteiger partial charge on any atom is 0.165 e. The molecule has 3 heteroatoms. The molecule has 0 atom stereocenters. The highest BCUT2D eigenvalue weighted by Crippen LogP contribution is 2.41. The molecule has 0 saturated carbocycles. The Morgan fingerprint density at radius 2 is 2.11 bits per heavy atom. The van der Waals surface area contributed by atoms with E-state index in [-0.39, 0.29) is 11.0 Å². The topological polar surface area (TPSA) is 44.5 Å². The van der Waals surface area contributed by atoms with E-state index in [4.69, 9.17) is 15.2 Å². The normalized spacial score (nSPS) is 16.9. The van der Waals surface area contributed by atoms with Crippen molar-refractivity contribution in [1.29, 1.82) is 0 Å². The molecule has 2 rings (SSSR count). The Balaban J connectivity index is 2.02. The second-order valence-corrected chi connectivity index (χ2v) is 6.75. The van der Waals surface area contributed by atoms with E-state index in [1.54, 1.807) is 0 Å². The highest BCUT2D eigenvalue weighted by atomic mass is 16.5. The first-order valence-corrected chi connectivity index (χ1v) is 6.97. The van der Waals surface area contributed by atoms with E-state index in [0.717, 1.165) is 24.3 Å². The van der Waals surface area contributed by atoms with E-state index in [0.29, 0.717) is 13.2 Å². The number of rotatable bonds is 5. The van der Waals surface area contributed by atoms with Gasteiger partial charge in [-0.3, -0.25) is 0 Å². The lowest BCUT2D eigenvalue weighted by Crippen LogP contribution is -2.26. The largest absolute Gasteiger partial charge is 0.490 e. The van der Waals surface area contributed by atoms with Crippen molar-refractivity contribution in [3.63, 3.8) is 0 Å². The number of fused-ring (bicyclic) bond motifs is 1. The molecular formula is C16H25NO2. The summed E-state index contributed by atoms with van der Waals surface area (Å²) < 4.78 is 11.9. The van der Waals surface area contributed by atoms with Crippen LogP contribution in [0.5, 0.6) is 11.5 Å². The summed E-state index contributed by atoms with van der Waals surface area (Å²) in [5.74, 6) is 1.77. The number of hydrogen-bond donors (Lipinski definition) is 1. The number of ether oxygens (including phenoxy) is 2. The fourth-order valence-electron chi connectivity index (χ4n) is 2.24. The van der Waals surface area contributed by atoms with Gasteiger partial charge in [0.15, 0.2) is 11.5 Å². The molecule has 1 heterocycles. The highest BCUT2D eigenvalue weighted by Gasteiger charge is 2.32. The van der Waals surface area contributed by atoms with Gasteiger partial charge in [-0.2, -0.15) is 0 Å². The Kier molecular flexibility index (Phi) is 3.77. The number of hydrogen-bond acceptors (Lipinski definition) is 3. The van der Waals surface area contributed by atoms with Crippen LogP contribution in [-0.4, -0.2) is 18.8 Å². The third kappa shape index (κ3) is 3.41. The monoisotopic (exact) mass is 263 g/mol. The molecule has 0 unspecified atom stereocenters. The summed E-state index contributed by atoms with van der Waals surface area (Å²) in [7, 11) is 0. The predicted molar refractivity (Wildman–Crippen MR) is 77.8 cm³/mol. The third-order valence-electron chi connectivity index (χ3n) is 3.64. The average Bonchev–Trinajstić information content (AvgIpc) is 2.64. The molecule has 0 bridgehead atoms. The molecule has 1 aromatic carbocycles. The van der Waals surface area contributed by atoms with Gasteiger partial charge in [0.25, 0.3) is 0 Å². The molecule has 106 valence electrons. The minimum Gasteiger partial charge on any atom is -0.490 e. The van der Waals surface area contributed by atoms with Crippen LogP contribution in [0.2, 0.25) is 0 Å². The van der Waals surface area contributed by atoms with Crippen LogP contribution < -0.4 is 15.2 Å². The van der Waals surface area contributed by atoms with E-state index in [9.17, 15) is 0 Å². The lowest BCUT2D eigenvalue weighted by atomic mass is 9.90. The summed E-state index contributed by atoms with van der Waals surface area (Å²) in [6.45, 7) is 9.87. The van der Waals surface area contributed by atoms with Crippen LogP contribution in [0.4, 0.5) is 0 Å². The van der Waals surface area contributed by atoms with Crippen LogP contribution in [0.3, 0.4) is 0 Å². The van der Waals surface area contributed by atoms with Gasteiger partial charge in [0, 0.05) is 12.0 Å². The van der Waals surface area contributed by atoms with E-state index in [1.165, 1.54) is 5.56 Å². The van der Waals surface area contributed by atoms with Gasteiger partial charge >= 0.3 is 0 Å². The Hall–Kier alpha value is -1.22. The van der Waals surface area contributed by atoms with Crippen LogP contribution in [-0.2, 0) is 6.42 Å². The zero-order valence-electron chi connectivity index (χ0n) is 12.5. The second kappa shape index (κ2) is 5.04. The predicted octanol–water partition coefficient (Wildman–Crippen LogP) is 3.15. The summed E-state index contributed by atoms with van der Waals surface area (Å²) in [5, 5.41) is 0. The molecular weight excluding hydrogens is 238 g/mol. The molecule has 0 radical (unpaired) electrons. The van der Waals surface area contributed by atoms with Crippen molar-refractivity contribution in [2.24, 2.45) is 11.1 Å². The number of nitrogens with two attached hydrogens (primary N) is 1. The van der Waals surface area contributed by atoms with Crippen molar-refractivity contribution < 1.29 is 9.47 Å². The maximum absolute atomic E-state index is 5.98. The molecule has 0 fully saturated rings. The summed E-state index contributed by atoms with van der Waals surface area (Å²) in [5.41, 5.74) is 6.96. The van der Waals surface area contributed by atoms with Gasteiger partial charge in [-0.1, -0.05) is 26.0 Å². The van der Waals surface area contributed by atoms with Gasteiger partial charge in [0.1, 0.15) is 5.60 Å². The second-order valence-electron chi connectivity index (χ2n) is 6.75. The summed E-state index contributed by atoms with van der Waals surface area (Å²) in [6, 6.07) is 6.13. The van der Waals surface area contributed by atoms with Crippen LogP contribution in [0.15, 0.2) is 18.2 Å². The number of para-hydroxylation sites is 1. The molecule has 19 heavy (non-hydrogen) atoms. The Bertz CT molecular complexity index is 452. The van der Waals surface area contributed by atoms with Crippen molar-refractivity contribution in [3.8, 4) is 11.5 Å². The summed E-state index contributed by atoms with van der Waals surface area (Å²) in [6.07, 6.45) is 1.88. The SMILES string of the molecule is CC(C)(CN)CCOc1cccc2c1OC(C)(C)C2. The molecule has 0 aliphatic carbocycles. The molecule has 0 amide bonds. The summed E-state index contributed by atoms with van der Waals surface area (Å²) in [4.78, 5) is 0. The number of benzene rings is 1. The first-order valence-electron chi connectivity index (χ1n) is 6.97.